The van der Waals surface area contributed by atoms with Gasteiger partial charge in [0.15, 0.2) is 0 Å². The lowest BCUT2D eigenvalue weighted by Crippen LogP contribution is -2.77. The number of carboxylic acids is 1. The molecule has 0 radical (unpaired) electrons. The van der Waals surface area contributed by atoms with Gasteiger partial charge in [0.05, 0.1) is 19.6 Å². The monoisotopic (exact) mass is 481 g/mol. The number of carboxylic acid groups (broad SMARTS) is 1. The van der Waals surface area contributed by atoms with Gasteiger partial charge in [0.1, 0.15) is 12.2 Å². The Labute approximate surface area is 204 Å². The van der Waals surface area contributed by atoms with Crippen LogP contribution in [0.2, 0.25) is 0 Å². The molecule has 2 saturated heterocycles. The van der Waals surface area contributed by atoms with Crippen LogP contribution in [0.1, 0.15) is 44.1 Å². The lowest BCUT2D eigenvalue weighted by molar-refractivity contribution is -0.191. The number of rotatable bonds is 7. The van der Waals surface area contributed by atoms with E-state index in [0.29, 0.717) is 0 Å². The highest BCUT2D eigenvalue weighted by atomic mass is 16.4. The molecule has 4 rings (SSSR count). The smallest absolute Gasteiger partial charge is 0.334 e. The SMILES string of the molecule is C#CCN1CC(=O)N2[C@@H](CCC(=O)O)C(=O)N(C3CCCC3)C[C@@H]2N1C(=O)NCc1ccccc1. The highest BCUT2D eigenvalue weighted by Gasteiger charge is 2.52. The van der Waals surface area contributed by atoms with E-state index in [1.165, 1.54) is 14.9 Å². The average molecular weight is 482 g/mol. The maximum atomic E-state index is 13.5. The molecular formula is C25H31N5O5. The zero-order chi connectivity index (χ0) is 24.9. The van der Waals surface area contributed by atoms with Gasteiger partial charge in [0, 0.05) is 19.0 Å². The van der Waals surface area contributed by atoms with Gasteiger partial charge in [-0.15, -0.1) is 6.42 Å². The van der Waals surface area contributed by atoms with Gasteiger partial charge in [0.2, 0.25) is 11.8 Å². The van der Waals surface area contributed by atoms with E-state index in [4.69, 9.17) is 6.42 Å². The molecule has 35 heavy (non-hydrogen) atoms. The molecule has 0 unspecified atom stereocenters. The third-order valence-electron chi connectivity index (χ3n) is 6.94. The van der Waals surface area contributed by atoms with Crippen LogP contribution in [-0.2, 0) is 20.9 Å². The highest BCUT2D eigenvalue weighted by molar-refractivity contribution is 5.92. The second-order valence-electron chi connectivity index (χ2n) is 9.17. The summed E-state index contributed by atoms with van der Waals surface area (Å²) in [5.41, 5.74) is 0.917. The molecule has 186 valence electrons. The second-order valence-corrected chi connectivity index (χ2v) is 9.17. The van der Waals surface area contributed by atoms with Crippen molar-refractivity contribution in [2.45, 2.75) is 63.3 Å². The number of aliphatic carboxylic acids is 1. The number of nitrogens with zero attached hydrogens (tertiary/aromatic N) is 4. The number of nitrogens with one attached hydrogen (secondary N) is 1. The van der Waals surface area contributed by atoms with Crippen LogP contribution >= 0.6 is 0 Å². The Morgan fingerprint density at radius 1 is 1.14 bits per heavy atom. The van der Waals surface area contributed by atoms with Crippen molar-refractivity contribution >= 4 is 23.8 Å². The summed E-state index contributed by atoms with van der Waals surface area (Å²) in [4.78, 5) is 54.7. The minimum Gasteiger partial charge on any atom is -0.481 e. The van der Waals surface area contributed by atoms with Gasteiger partial charge in [-0.2, -0.15) is 5.01 Å². The van der Waals surface area contributed by atoms with Crippen LogP contribution in [0.3, 0.4) is 0 Å². The molecule has 1 saturated carbocycles. The summed E-state index contributed by atoms with van der Waals surface area (Å²) in [5.74, 6) is 0.896. The molecule has 10 heteroatoms. The number of benzene rings is 1. The maximum Gasteiger partial charge on any atom is 0.334 e. The Bertz CT molecular complexity index is 1000. The number of hydrogen-bond acceptors (Lipinski definition) is 5. The molecule has 3 aliphatic rings. The number of carbonyl (C=O) groups is 4. The molecule has 2 heterocycles. The predicted molar refractivity (Wildman–Crippen MR) is 126 cm³/mol. The minimum absolute atomic E-state index is 0.00571. The Hall–Kier alpha value is -3.58. The van der Waals surface area contributed by atoms with Crippen molar-refractivity contribution in [1.82, 2.24) is 25.1 Å². The number of carbonyl (C=O) groups excluding carboxylic acids is 3. The highest BCUT2D eigenvalue weighted by Crippen LogP contribution is 2.33. The lowest BCUT2D eigenvalue weighted by Gasteiger charge is -2.55. The quantitative estimate of drug-likeness (QED) is 0.567. The first-order chi connectivity index (χ1) is 16.9. The topological polar surface area (TPSA) is 114 Å². The molecule has 4 amide bonds. The van der Waals surface area contributed by atoms with E-state index in [1.807, 2.05) is 30.3 Å². The number of urea groups is 1. The third kappa shape index (κ3) is 5.25. The molecule has 0 aromatic heterocycles. The van der Waals surface area contributed by atoms with Crippen molar-refractivity contribution < 1.29 is 24.3 Å². The zero-order valence-electron chi connectivity index (χ0n) is 19.6. The molecular weight excluding hydrogens is 450 g/mol. The van der Waals surface area contributed by atoms with E-state index in [1.54, 1.807) is 4.90 Å². The van der Waals surface area contributed by atoms with Gasteiger partial charge >= 0.3 is 12.0 Å². The van der Waals surface area contributed by atoms with Crippen molar-refractivity contribution in [3.63, 3.8) is 0 Å². The molecule has 1 aromatic carbocycles. The van der Waals surface area contributed by atoms with E-state index in [9.17, 15) is 24.3 Å². The Morgan fingerprint density at radius 2 is 1.86 bits per heavy atom. The van der Waals surface area contributed by atoms with E-state index in [-0.39, 0.29) is 56.9 Å². The number of hydrazine groups is 1. The first-order valence-electron chi connectivity index (χ1n) is 12.0. The minimum atomic E-state index is -1.04. The number of piperazine rings is 1. The van der Waals surface area contributed by atoms with Crippen LogP contribution in [0.25, 0.3) is 0 Å². The van der Waals surface area contributed by atoms with Crippen molar-refractivity contribution in [2.24, 2.45) is 0 Å². The Balaban J connectivity index is 1.64. The number of amides is 4. The summed E-state index contributed by atoms with van der Waals surface area (Å²) in [6.07, 6.45) is 8.25. The van der Waals surface area contributed by atoms with Crippen LogP contribution in [0, 0.1) is 12.3 Å². The van der Waals surface area contributed by atoms with Crippen molar-refractivity contribution in [2.75, 3.05) is 19.6 Å². The summed E-state index contributed by atoms with van der Waals surface area (Å²) in [6, 6.07) is 8.11. The standard InChI is InChI=1S/C25H31N5O5/c1-2-14-27-17-22(31)29-20(12-13-23(32)33)24(34)28(19-10-6-7-11-19)16-21(29)30(27)25(35)26-15-18-8-4-3-5-9-18/h1,3-5,8-9,19-21H,6-7,10-17H2,(H,26,35)(H,32,33)/t20-,21-/m0/s1. The Morgan fingerprint density at radius 3 is 2.51 bits per heavy atom. The fraction of sp³-hybridized carbons (Fsp3) is 0.520. The van der Waals surface area contributed by atoms with Gasteiger partial charge in [-0.3, -0.25) is 14.4 Å². The first-order valence-corrected chi connectivity index (χ1v) is 12.0. The normalized spacial score (nSPS) is 23.2. The van der Waals surface area contributed by atoms with E-state index >= 15 is 0 Å². The maximum absolute atomic E-state index is 13.5. The molecule has 1 aromatic rings. The average Bonchev–Trinajstić information content (AvgIpc) is 3.37. The summed E-state index contributed by atoms with van der Waals surface area (Å²) in [7, 11) is 0. The summed E-state index contributed by atoms with van der Waals surface area (Å²) in [5, 5.41) is 15.2. The Kier molecular flexibility index (Phi) is 7.56. The van der Waals surface area contributed by atoms with Gasteiger partial charge in [-0.05, 0) is 24.8 Å². The number of hydrogen-bond donors (Lipinski definition) is 2. The fourth-order valence-electron chi connectivity index (χ4n) is 5.33. The summed E-state index contributed by atoms with van der Waals surface area (Å²) in [6.45, 7) is 0.332. The molecule has 2 N–H and O–H groups in total. The van der Waals surface area contributed by atoms with Gasteiger partial charge in [0.25, 0.3) is 0 Å². The van der Waals surface area contributed by atoms with Gasteiger partial charge in [-0.1, -0.05) is 49.1 Å². The summed E-state index contributed by atoms with van der Waals surface area (Å²) < 4.78 is 0. The van der Waals surface area contributed by atoms with Crippen molar-refractivity contribution in [3.05, 3.63) is 35.9 Å². The molecule has 3 fully saturated rings. The molecule has 2 atom stereocenters. The second kappa shape index (κ2) is 10.8. The first kappa shape index (κ1) is 24.5. The lowest BCUT2D eigenvalue weighted by atomic mass is 9.99. The third-order valence-corrected chi connectivity index (χ3v) is 6.94. The van der Waals surface area contributed by atoms with Crippen LogP contribution in [-0.4, -0.2) is 86.6 Å². The van der Waals surface area contributed by atoms with E-state index in [0.717, 1.165) is 31.2 Å². The zero-order valence-corrected chi connectivity index (χ0v) is 19.6. The van der Waals surface area contributed by atoms with E-state index in [2.05, 4.69) is 11.2 Å². The molecule has 0 bridgehead atoms. The van der Waals surface area contributed by atoms with Crippen LogP contribution in [0.15, 0.2) is 30.3 Å². The van der Waals surface area contributed by atoms with E-state index < -0.39 is 24.2 Å². The molecule has 1 aliphatic carbocycles. The van der Waals surface area contributed by atoms with Crippen LogP contribution < -0.4 is 5.32 Å². The largest absolute Gasteiger partial charge is 0.481 e. The van der Waals surface area contributed by atoms with Crippen molar-refractivity contribution in [1.29, 1.82) is 0 Å². The summed E-state index contributed by atoms with van der Waals surface area (Å²) >= 11 is 0. The molecule has 2 aliphatic heterocycles. The van der Waals surface area contributed by atoms with Gasteiger partial charge in [-0.25, -0.2) is 9.80 Å². The predicted octanol–water partition coefficient (Wildman–Crippen LogP) is 1.23. The van der Waals surface area contributed by atoms with Crippen LogP contribution in [0.4, 0.5) is 4.79 Å². The van der Waals surface area contributed by atoms with Gasteiger partial charge < -0.3 is 20.2 Å². The van der Waals surface area contributed by atoms with Crippen molar-refractivity contribution in [3.8, 4) is 12.3 Å². The number of fused-ring (bicyclic) bond motifs is 1. The van der Waals surface area contributed by atoms with Crippen LogP contribution in [0.5, 0.6) is 0 Å². The molecule has 0 spiro atoms. The number of terminal acetylenes is 1. The fourth-order valence-corrected chi connectivity index (χ4v) is 5.33. The molecule has 10 nitrogen and oxygen atoms in total.